The molecule has 0 amide bonds. The maximum Gasteiger partial charge on any atom is 0.230 e. The Labute approximate surface area is 306 Å². The first-order valence-corrected chi connectivity index (χ1v) is 17.0. The largest absolute Gasteiger partial charge is 0.507 e. The smallest absolute Gasteiger partial charge is 0.230 e. The van der Waals surface area contributed by atoms with Crippen molar-refractivity contribution in [3.05, 3.63) is 113 Å². The van der Waals surface area contributed by atoms with E-state index in [1.165, 1.54) is 22.3 Å². The molecule has 6 rings (SSSR count). The molecule has 0 saturated heterocycles. The summed E-state index contributed by atoms with van der Waals surface area (Å²) in [6.45, 7) is 22.3. The van der Waals surface area contributed by atoms with E-state index in [1.54, 1.807) is 12.1 Å². The zero-order valence-electron chi connectivity index (χ0n) is 30.3. The van der Waals surface area contributed by atoms with Crippen LogP contribution >= 0.6 is 0 Å². The van der Waals surface area contributed by atoms with E-state index in [2.05, 4.69) is 130 Å². The van der Waals surface area contributed by atoms with Crippen LogP contribution in [0, 0.1) is 6.07 Å². The van der Waals surface area contributed by atoms with Crippen LogP contribution < -0.4 is 0 Å². The number of benzene rings is 4. The van der Waals surface area contributed by atoms with Gasteiger partial charge in [-0.15, -0.1) is 29.3 Å². The van der Waals surface area contributed by atoms with Gasteiger partial charge >= 0.3 is 0 Å². The Kier molecular flexibility index (Phi) is 10.2. The SMILES string of the molecule is CC(C)c1cc(-c2ccnc(-c3[c-]c(-c4cc(C(C)(C)C)cc5oc(-c6ccccc6O)nc45)cc(C(C)(C)C)c3)c2)cc(C(C)C)c1.[Pt]. The third-order valence-electron chi connectivity index (χ3n) is 9.20. The van der Waals surface area contributed by atoms with Crippen molar-refractivity contribution < 1.29 is 30.6 Å². The summed E-state index contributed by atoms with van der Waals surface area (Å²) in [5, 5.41) is 10.6. The van der Waals surface area contributed by atoms with Gasteiger partial charge in [0.2, 0.25) is 5.89 Å². The van der Waals surface area contributed by atoms with E-state index in [1.807, 2.05) is 18.3 Å². The molecule has 0 atom stereocenters. The fourth-order valence-electron chi connectivity index (χ4n) is 5.99. The first-order valence-electron chi connectivity index (χ1n) is 17.0. The van der Waals surface area contributed by atoms with Gasteiger partial charge in [-0.1, -0.05) is 123 Å². The molecule has 0 aliphatic heterocycles. The molecule has 0 radical (unpaired) electrons. The van der Waals surface area contributed by atoms with Gasteiger partial charge in [0.15, 0.2) is 0 Å². The molecule has 2 heterocycles. The number of hydrogen-bond acceptors (Lipinski definition) is 4. The van der Waals surface area contributed by atoms with Crippen LogP contribution in [0.1, 0.15) is 103 Å². The third-order valence-corrected chi connectivity index (χ3v) is 9.20. The van der Waals surface area contributed by atoms with Gasteiger partial charge in [0.1, 0.15) is 11.3 Å². The summed E-state index contributed by atoms with van der Waals surface area (Å²) >= 11 is 0. The third kappa shape index (κ3) is 7.60. The predicted octanol–water partition coefficient (Wildman–Crippen LogP) is 12.2. The minimum atomic E-state index is -0.134. The molecule has 0 aliphatic rings. The first-order chi connectivity index (χ1) is 22.6. The summed E-state index contributed by atoms with van der Waals surface area (Å²) in [5.41, 5.74) is 12.8. The molecular weight excluding hydrogens is 784 g/mol. The Balaban J connectivity index is 0.00000468. The van der Waals surface area contributed by atoms with Gasteiger partial charge in [0.05, 0.1) is 11.1 Å². The second kappa shape index (κ2) is 13.7. The minimum Gasteiger partial charge on any atom is -0.507 e. The van der Waals surface area contributed by atoms with E-state index in [4.69, 9.17) is 14.4 Å². The summed E-state index contributed by atoms with van der Waals surface area (Å²) in [7, 11) is 0. The molecular formula is C44H47N2O2Pt-. The molecule has 0 aliphatic carbocycles. The number of para-hydroxylation sites is 1. The summed E-state index contributed by atoms with van der Waals surface area (Å²) in [4.78, 5) is 9.86. The van der Waals surface area contributed by atoms with Gasteiger partial charge in [0, 0.05) is 33.0 Å². The van der Waals surface area contributed by atoms with E-state index in [0.717, 1.165) is 39.0 Å². The standard InChI is InChI=1S/C44H47N2O2.Pt/c1-26(2)29-17-30(27(3)4)19-31(18-29)28-15-16-45-38(23-28)33-20-32(21-34(22-33)43(5,6)7)37-24-35(44(8,9)10)25-40-41(37)46-42(48-40)36-13-11-12-14-39(36)47;/h11-19,21-27,47H,1-10H3;/q-1;. The van der Waals surface area contributed by atoms with Crippen LogP contribution in [0.15, 0.2) is 89.5 Å². The number of hydrogen-bond donors (Lipinski definition) is 1. The fraction of sp³-hybridized carbons (Fsp3) is 0.318. The number of aromatic nitrogens is 2. The van der Waals surface area contributed by atoms with Crippen LogP contribution in [0.5, 0.6) is 5.75 Å². The van der Waals surface area contributed by atoms with Crippen LogP contribution in [-0.2, 0) is 31.9 Å². The Morgan fingerprint density at radius 3 is 1.90 bits per heavy atom. The Morgan fingerprint density at radius 1 is 0.673 bits per heavy atom. The number of aromatic hydroxyl groups is 1. The van der Waals surface area contributed by atoms with Crippen molar-refractivity contribution in [2.24, 2.45) is 0 Å². The van der Waals surface area contributed by atoms with E-state index in [9.17, 15) is 5.11 Å². The summed E-state index contributed by atoms with van der Waals surface area (Å²) in [6, 6.07) is 30.9. The van der Waals surface area contributed by atoms with E-state index in [-0.39, 0.29) is 37.6 Å². The van der Waals surface area contributed by atoms with Crippen molar-refractivity contribution in [2.45, 2.75) is 91.9 Å². The van der Waals surface area contributed by atoms with E-state index < -0.39 is 0 Å². The minimum absolute atomic E-state index is 0. The van der Waals surface area contributed by atoms with Crippen molar-refractivity contribution in [1.29, 1.82) is 0 Å². The average Bonchev–Trinajstić information content (AvgIpc) is 3.47. The first kappa shape index (κ1) is 36.3. The second-order valence-electron chi connectivity index (χ2n) is 15.7. The summed E-state index contributed by atoms with van der Waals surface area (Å²) in [6.07, 6.45) is 1.91. The average molecular weight is 831 g/mol. The fourth-order valence-corrected chi connectivity index (χ4v) is 5.99. The molecule has 256 valence electrons. The maximum atomic E-state index is 10.6. The molecule has 0 spiro atoms. The van der Waals surface area contributed by atoms with E-state index >= 15 is 0 Å². The number of phenols is 1. The van der Waals surface area contributed by atoms with Gasteiger partial charge in [-0.05, 0) is 74.7 Å². The summed E-state index contributed by atoms with van der Waals surface area (Å²) in [5.74, 6) is 1.40. The van der Waals surface area contributed by atoms with Gasteiger partial charge in [-0.25, -0.2) is 4.98 Å². The number of nitrogens with zero attached hydrogens (tertiary/aromatic N) is 2. The van der Waals surface area contributed by atoms with Crippen LogP contribution in [0.3, 0.4) is 0 Å². The molecule has 1 N–H and O–H groups in total. The van der Waals surface area contributed by atoms with Crippen LogP contribution in [0.2, 0.25) is 0 Å². The number of rotatable bonds is 6. The maximum absolute atomic E-state index is 10.6. The second-order valence-corrected chi connectivity index (χ2v) is 15.7. The van der Waals surface area contributed by atoms with Crippen molar-refractivity contribution in [3.8, 4) is 50.7 Å². The van der Waals surface area contributed by atoms with E-state index in [0.29, 0.717) is 28.9 Å². The van der Waals surface area contributed by atoms with Crippen molar-refractivity contribution in [2.75, 3.05) is 0 Å². The van der Waals surface area contributed by atoms with Crippen molar-refractivity contribution in [1.82, 2.24) is 9.97 Å². The Morgan fingerprint density at radius 2 is 1.29 bits per heavy atom. The van der Waals surface area contributed by atoms with Crippen LogP contribution in [-0.4, -0.2) is 15.1 Å². The molecule has 0 unspecified atom stereocenters. The topological polar surface area (TPSA) is 59.2 Å². The molecule has 4 aromatic carbocycles. The van der Waals surface area contributed by atoms with Gasteiger partial charge in [0.25, 0.3) is 0 Å². The molecule has 4 nitrogen and oxygen atoms in total. The van der Waals surface area contributed by atoms with Crippen molar-refractivity contribution in [3.63, 3.8) is 0 Å². The summed E-state index contributed by atoms with van der Waals surface area (Å²) < 4.78 is 6.37. The molecule has 0 bridgehead atoms. The molecule has 6 aromatic rings. The molecule has 2 aromatic heterocycles. The molecule has 0 saturated carbocycles. The van der Waals surface area contributed by atoms with Gasteiger partial charge in [-0.2, -0.15) is 0 Å². The predicted molar refractivity (Wildman–Crippen MR) is 200 cm³/mol. The molecule has 49 heavy (non-hydrogen) atoms. The van der Waals surface area contributed by atoms with Crippen LogP contribution in [0.4, 0.5) is 0 Å². The quantitative estimate of drug-likeness (QED) is 0.170. The van der Waals surface area contributed by atoms with Crippen LogP contribution in [0.25, 0.3) is 56.1 Å². The number of pyridine rings is 1. The Hall–Kier alpha value is -4.01. The molecule has 5 heteroatoms. The zero-order valence-corrected chi connectivity index (χ0v) is 32.6. The van der Waals surface area contributed by atoms with Gasteiger partial charge < -0.3 is 9.52 Å². The number of oxazole rings is 1. The Bertz CT molecular complexity index is 2100. The number of fused-ring (bicyclic) bond motifs is 1. The monoisotopic (exact) mass is 830 g/mol. The molecule has 0 fully saturated rings. The van der Waals surface area contributed by atoms with Gasteiger partial charge in [-0.3, -0.25) is 4.98 Å². The van der Waals surface area contributed by atoms with Crippen molar-refractivity contribution >= 4 is 11.1 Å². The zero-order chi connectivity index (χ0) is 34.5. The number of phenolic OH excluding ortho intramolecular Hbond substituents is 1. The normalized spacial score (nSPS) is 12.2.